The van der Waals surface area contributed by atoms with Gasteiger partial charge in [-0.15, -0.1) is 0 Å². The molecule has 0 aliphatic rings. The summed E-state index contributed by atoms with van der Waals surface area (Å²) in [6.45, 7) is 4.29. The first kappa shape index (κ1) is 21.7. The van der Waals surface area contributed by atoms with Crippen LogP contribution in [0.2, 0.25) is 0 Å². The monoisotopic (exact) mass is 406 g/mol. The zero-order chi connectivity index (χ0) is 20.7. The number of methoxy groups -OCH3 is 2. The molecule has 0 spiro atoms. The first-order chi connectivity index (χ1) is 13.3. The van der Waals surface area contributed by atoms with Crippen LogP contribution < -0.4 is 14.8 Å². The smallest absolute Gasteiger partial charge is 0.243 e. The Kier molecular flexibility index (Phi) is 7.42. The normalized spacial score (nSPS) is 11.3. The Balaban J connectivity index is 2.27. The Hall–Kier alpha value is -2.58. The first-order valence-corrected chi connectivity index (χ1v) is 10.4. The van der Waals surface area contributed by atoms with Crippen molar-refractivity contribution in [1.29, 1.82) is 0 Å². The second-order valence-electron chi connectivity index (χ2n) is 6.03. The molecule has 0 bridgehead atoms. The molecule has 0 unspecified atom stereocenters. The number of hydrogen-bond donors (Lipinski definition) is 1. The summed E-state index contributed by atoms with van der Waals surface area (Å²) in [5.74, 6) is 0.761. The van der Waals surface area contributed by atoms with Crippen molar-refractivity contribution in [1.82, 2.24) is 4.31 Å². The van der Waals surface area contributed by atoms with E-state index in [1.54, 1.807) is 39.2 Å². The quantitative estimate of drug-likeness (QED) is 0.692. The van der Waals surface area contributed by atoms with E-state index >= 15 is 0 Å². The van der Waals surface area contributed by atoms with Crippen molar-refractivity contribution in [3.8, 4) is 11.5 Å². The van der Waals surface area contributed by atoms with Crippen LogP contribution >= 0.6 is 0 Å². The summed E-state index contributed by atoms with van der Waals surface area (Å²) in [6.07, 6.45) is 0.118. The van der Waals surface area contributed by atoms with E-state index in [2.05, 4.69) is 5.32 Å². The van der Waals surface area contributed by atoms with Gasteiger partial charge < -0.3 is 14.8 Å². The van der Waals surface area contributed by atoms with Crippen LogP contribution in [-0.2, 0) is 21.2 Å². The molecule has 0 aliphatic carbocycles. The van der Waals surface area contributed by atoms with Crippen LogP contribution in [0.25, 0.3) is 0 Å². The van der Waals surface area contributed by atoms with Gasteiger partial charge in [-0.05, 0) is 35.9 Å². The van der Waals surface area contributed by atoms with Gasteiger partial charge in [-0.3, -0.25) is 4.79 Å². The Morgan fingerprint density at radius 2 is 1.75 bits per heavy atom. The number of nitrogens with one attached hydrogen (secondary N) is 1. The van der Waals surface area contributed by atoms with E-state index < -0.39 is 10.0 Å². The largest absolute Gasteiger partial charge is 0.497 e. The summed E-state index contributed by atoms with van der Waals surface area (Å²) in [7, 11) is -0.617. The molecule has 0 radical (unpaired) electrons. The van der Waals surface area contributed by atoms with Gasteiger partial charge in [-0.2, -0.15) is 4.31 Å². The molecule has 0 saturated carbocycles. The van der Waals surface area contributed by atoms with Crippen molar-refractivity contribution in [2.75, 3.05) is 32.6 Å². The zero-order valence-electron chi connectivity index (χ0n) is 16.6. The Labute approximate surface area is 166 Å². The fourth-order valence-corrected chi connectivity index (χ4v) is 4.30. The van der Waals surface area contributed by atoms with Gasteiger partial charge in [0.25, 0.3) is 0 Å². The molecule has 1 N–H and O–H groups in total. The summed E-state index contributed by atoms with van der Waals surface area (Å²) in [6, 6.07) is 11.6. The summed E-state index contributed by atoms with van der Waals surface area (Å²) >= 11 is 0. The summed E-state index contributed by atoms with van der Waals surface area (Å²) in [5, 5.41) is 2.75. The minimum absolute atomic E-state index is 0.105. The van der Waals surface area contributed by atoms with Gasteiger partial charge >= 0.3 is 0 Å². The number of anilines is 1. The number of ether oxygens (including phenoxy) is 2. The van der Waals surface area contributed by atoms with Gasteiger partial charge in [-0.25, -0.2) is 8.42 Å². The molecule has 152 valence electrons. The maximum absolute atomic E-state index is 12.8. The van der Waals surface area contributed by atoms with Crippen molar-refractivity contribution in [2.24, 2.45) is 0 Å². The Bertz CT molecular complexity index is 924. The molecule has 7 nitrogen and oxygen atoms in total. The number of carbonyl (C=O) groups is 1. The predicted octanol–water partition coefficient (Wildman–Crippen LogP) is 2.92. The standard InChI is InChI=1S/C20H26N2O5S/c1-5-22(6-2)28(24,25)17-10-11-19(27-4)18(14-17)21-20(23)13-15-8-7-9-16(12-15)26-3/h7-12,14H,5-6,13H2,1-4H3,(H,21,23). The number of rotatable bonds is 9. The molecule has 0 saturated heterocycles. The molecule has 0 aromatic heterocycles. The number of nitrogens with zero attached hydrogens (tertiary/aromatic N) is 1. The lowest BCUT2D eigenvalue weighted by molar-refractivity contribution is -0.115. The number of carbonyl (C=O) groups excluding carboxylic acids is 1. The lowest BCUT2D eigenvalue weighted by atomic mass is 10.1. The van der Waals surface area contributed by atoms with Crippen molar-refractivity contribution < 1.29 is 22.7 Å². The van der Waals surface area contributed by atoms with Gasteiger partial charge in [0.1, 0.15) is 11.5 Å². The molecular weight excluding hydrogens is 380 g/mol. The fourth-order valence-electron chi connectivity index (χ4n) is 2.82. The van der Waals surface area contributed by atoms with E-state index in [1.807, 2.05) is 6.07 Å². The number of amides is 1. The van der Waals surface area contributed by atoms with Gasteiger partial charge in [0, 0.05) is 13.1 Å². The number of sulfonamides is 1. The minimum atomic E-state index is -3.64. The van der Waals surface area contributed by atoms with Gasteiger partial charge in [0.2, 0.25) is 15.9 Å². The summed E-state index contributed by atoms with van der Waals surface area (Å²) in [5.41, 5.74) is 1.09. The Morgan fingerprint density at radius 1 is 1.04 bits per heavy atom. The fraction of sp³-hybridized carbons (Fsp3) is 0.350. The molecule has 2 aromatic carbocycles. The van der Waals surface area contributed by atoms with Gasteiger partial charge in [0.15, 0.2) is 0 Å². The molecule has 2 aromatic rings. The third-order valence-electron chi connectivity index (χ3n) is 4.29. The van der Waals surface area contributed by atoms with Crippen LogP contribution in [0.15, 0.2) is 47.4 Å². The molecule has 28 heavy (non-hydrogen) atoms. The average Bonchev–Trinajstić information content (AvgIpc) is 2.68. The van der Waals surface area contributed by atoms with Crippen molar-refractivity contribution >= 4 is 21.6 Å². The third kappa shape index (κ3) is 5.02. The minimum Gasteiger partial charge on any atom is -0.497 e. The number of benzene rings is 2. The van der Waals surface area contributed by atoms with E-state index in [0.29, 0.717) is 30.3 Å². The molecule has 1 amide bonds. The molecule has 0 aliphatic heterocycles. The molecular formula is C20H26N2O5S. The van der Waals surface area contributed by atoms with E-state index in [1.165, 1.54) is 29.6 Å². The molecule has 0 fully saturated rings. The van der Waals surface area contributed by atoms with Crippen LogP contribution in [0.4, 0.5) is 5.69 Å². The van der Waals surface area contributed by atoms with E-state index in [0.717, 1.165) is 5.56 Å². The van der Waals surface area contributed by atoms with Crippen LogP contribution in [0.5, 0.6) is 11.5 Å². The first-order valence-electron chi connectivity index (χ1n) is 8.96. The zero-order valence-corrected chi connectivity index (χ0v) is 17.4. The summed E-state index contributed by atoms with van der Waals surface area (Å²) in [4.78, 5) is 12.6. The highest BCUT2D eigenvalue weighted by Crippen LogP contribution is 2.29. The molecule has 0 heterocycles. The predicted molar refractivity (Wildman–Crippen MR) is 108 cm³/mol. The molecule has 0 atom stereocenters. The highest BCUT2D eigenvalue weighted by molar-refractivity contribution is 7.89. The lowest BCUT2D eigenvalue weighted by Gasteiger charge is -2.19. The van der Waals surface area contributed by atoms with Crippen molar-refractivity contribution in [2.45, 2.75) is 25.2 Å². The molecule has 2 rings (SSSR count). The SMILES string of the molecule is CCN(CC)S(=O)(=O)c1ccc(OC)c(NC(=O)Cc2cccc(OC)c2)c1. The number of hydrogen-bond acceptors (Lipinski definition) is 5. The molecule has 8 heteroatoms. The maximum atomic E-state index is 12.8. The third-order valence-corrected chi connectivity index (χ3v) is 6.33. The lowest BCUT2D eigenvalue weighted by Crippen LogP contribution is -2.30. The maximum Gasteiger partial charge on any atom is 0.243 e. The van der Waals surface area contributed by atoms with Crippen LogP contribution in [0.3, 0.4) is 0 Å². The highest BCUT2D eigenvalue weighted by Gasteiger charge is 2.23. The van der Waals surface area contributed by atoms with E-state index in [-0.39, 0.29) is 17.2 Å². The van der Waals surface area contributed by atoms with Crippen molar-refractivity contribution in [3.63, 3.8) is 0 Å². The van der Waals surface area contributed by atoms with Crippen LogP contribution in [-0.4, -0.2) is 45.9 Å². The average molecular weight is 407 g/mol. The van der Waals surface area contributed by atoms with Crippen LogP contribution in [0, 0.1) is 0 Å². The van der Waals surface area contributed by atoms with Gasteiger partial charge in [0.05, 0.1) is 31.2 Å². The van der Waals surface area contributed by atoms with E-state index in [4.69, 9.17) is 9.47 Å². The topological polar surface area (TPSA) is 84.9 Å². The van der Waals surface area contributed by atoms with Crippen molar-refractivity contribution in [3.05, 3.63) is 48.0 Å². The highest BCUT2D eigenvalue weighted by atomic mass is 32.2. The summed E-state index contributed by atoms with van der Waals surface area (Å²) < 4.78 is 37.3. The second kappa shape index (κ2) is 9.57. The van der Waals surface area contributed by atoms with E-state index in [9.17, 15) is 13.2 Å². The Morgan fingerprint density at radius 3 is 2.36 bits per heavy atom. The second-order valence-corrected chi connectivity index (χ2v) is 7.97. The van der Waals surface area contributed by atoms with Crippen LogP contribution in [0.1, 0.15) is 19.4 Å². The van der Waals surface area contributed by atoms with Gasteiger partial charge in [-0.1, -0.05) is 26.0 Å².